The SMILES string of the molecule is CC/C=C/CCOc1c(OC(C)=O)c(=O)oc2cccc(OC(C)(C)C)c12. The van der Waals surface area contributed by atoms with Gasteiger partial charge >= 0.3 is 11.6 Å². The Morgan fingerprint density at radius 2 is 1.93 bits per heavy atom. The highest BCUT2D eigenvalue weighted by atomic mass is 16.6. The van der Waals surface area contributed by atoms with Gasteiger partial charge in [-0.2, -0.15) is 0 Å². The minimum Gasteiger partial charge on any atom is -0.488 e. The molecule has 0 aliphatic heterocycles. The third kappa shape index (κ3) is 5.61. The zero-order valence-corrected chi connectivity index (χ0v) is 16.5. The van der Waals surface area contributed by atoms with Crippen LogP contribution in [0.25, 0.3) is 11.0 Å². The lowest BCUT2D eigenvalue weighted by Crippen LogP contribution is -2.23. The predicted molar refractivity (Wildman–Crippen MR) is 104 cm³/mol. The molecule has 0 aliphatic carbocycles. The largest absolute Gasteiger partial charge is 0.488 e. The van der Waals surface area contributed by atoms with E-state index in [1.165, 1.54) is 6.92 Å². The van der Waals surface area contributed by atoms with Crippen LogP contribution in [0.2, 0.25) is 0 Å². The van der Waals surface area contributed by atoms with Crippen molar-refractivity contribution in [3.05, 3.63) is 40.8 Å². The molecular weight excluding hydrogens is 348 g/mol. The van der Waals surface area contributed by atoms with Gasteiger partial charge in [-0.3, -0.25) is 4.79 Å². The Hall–Kier alpha value is -2.76. The maximum absolute atomic E-state index is 12.3. The molecule has 0 saturated heterocycles. The van der Waals surface area contributed by atoms with Crippen LogP contribution in [0.4, 0.5) is 0 Å². The Balaban J connectivity index is 2.60. The fourth-order valence-corrected chi connectivity index (χ4v) is 2.47. The van der Waals surface area contributed by atoms with E-state index in [2.05, 4.69) is 0 Å². The maximum Gasteiger partial charge on any atom is 0.383 e. The number of allylic oxidation sites excluding steroid dienone is 1. The Bertz CT molecular complexity index is 886. The lowest BCUT2D eigenvalue weighted by atomic mass is 10.1. The molecule has 0 atom stereocenters. The van der Waals surface area contributed by atoms with Gasteiger partial charge in [0.25, 0.3) is 5.75 Å². The Labute approximate surface area is 158 Å². The molecule has 0 N–H and O–H groups in total. The molecule has 1 aromatic carbocycles. The van der Waals surface area contributed by atoms with Crippen LogP contribution < -0.4 is 19.8 Å². The minimum atomic E-state index is -0.773. The summed E-state index contributed by atoms with van der Waals surface area (Å²) in [6.07, 6.45) is 5.60. The van der Waals surface area contributed by atoms with E-state index < -0.39 is 17.2 Å². The van der Waals surface area contributed by atoms with Gasteiger partial charge < -0.3 is 18.6 Å². The summed E-state index contributed by atoms with van der Waals surface area (Å²) in [5.41, 5.74) is -0.950. The molecule has 27 heavy (non-hydrogen) atoms. The van der Waals surface area contributed by atoms with E-state index >= 15 is 0 Å². The fraction of sp³-hybridized carbons (Fsp3) is 0.429. The van der Waals surface area contributed by atoms with Gasteiger partial charge in [0, 0.05) is 6.92 Å². The molecule has 0 fully saturated rings. The first-order valence-corrected chi connectivity index (χ1v) is 8.98. The first-order valence-electron chi connectivity index (χ1n) is 8.98. The zero-order chi connectivity index (χ0) is 20.0. The summed E-state index contributed by atoms with van der Waals surface area (Å²) in [5, 5.41) is 0.461. The molecule has 146 valence electrons. The highest BCUT2D eigenvalue weighted by Crippen LogP contribution is 2.40. The van der Waals surface area contributed by atoms with Crippen LogP contribution >= 0.6 is 0 Å². The standard InChI is InChI=1S/C21H26O6/c1-6-7-8-9-13-24-18-17-15(26-20(23)19(18)25-14(2)22)11-10-12-16(17)27-21(3,4)5/h7-8,10-12H,6,9,13H2,1-5H3/b8-7+. The van der Waals surface area contributed by atoms with Gasteiger partial charge in [-0.05, 0) is 45.7 Å². The number of esters is 1. The highest BCUT2D eigenvalue weighted by Gasteiger charge is 2.24. The first-order chi connectivity index (χ1) is 12.7. The molecule has 0 aliphatic rings. The van der Waals surface area contributed by atoms with E-state index in [0.717, 1.165) is 6.42 Å². The van der Waals surface area contributed by atoms with Gasteiger partial charge in [0.2, 0.25) is 0 Å². The molecule has 6 nitrogen and oxygen atoms in total. The van der Waals surface area contributed by atoms with Crippen LogP contribution in [0, 0.1) is 0 Å². The smallest absolute Gasteiger partial charge is 0.383 e. The van der Waals surface area contributed by atoms with E-state index in [1.54, 1.807) is 18.2 Å². The number of benzene rings is 1. The van der Waals surface area contributed by atoms with Gasteiger partial charge in [-0.15, -0.1) is 0 Å². The number of rotatable bonds is 7. The predicted octanol–water partition coefficient (Wildman–Crippen LogP) is 4.63. The van der Waals surface area contributed by atoms with Crippen molar-refractivity contribution >= 4 is 16.9 Å². The van der Waals surface area contributed by atoms with Gasteiger partial charge in [-0.25, -0.2) is 4.79 Å². The van der Waals surface area contributed by atoms with Gasteiger partial charge in [0.15, 0.2) is 5.75 Å². The minimum absolute atomic E-state index is 0.154. The summed E-state index contributed by atoms with van der Waals surface area (Å²) in [5.74, 6) is -0.261. The Morgan fingerprint density at radius 3 is 2.56 bits per heavy atom. The topological polar surface area (TPSA) is 75.0 Å². The summed E-state index contributed by atoms with van der Waals surface area (Å²) < 4.78 is 22.3. The van der Waals surface area contributed by atoms with Crippen LogP contribution in [0.1, 0.15) is 47.5 Å². The van der Waals surface area contributed by atoms with E-state index in [9.17, 15) is 9.59 Å². The van der Waals surface area contributed by atoms with Gasteiger partial charge in [0.05, 0.1) is 6.61 Å². The number of fused-ring (bicyclic) bond motifs is 1. The van der Waals surface area contributed by atoms with Crippen LogP contribution in [-0.2, 0) is 4.79 Å². The molecule has 1 heterocycles. The van der Waals surface area contributed by atoms with Crippen LogP contribution in [-0.4, -0.2) is 18.2 Å². The highest BCUT2D eigenvalue weighted by molar-refractivity contribution is 5.92. The quantitative estimate of drug-likeness (QED) is 0.304. The molecule has 0 amide bonds. The number of hydrogen-bond donors (Lipinski definition) is 0. The van der Waals surface area contributed by atoms with Crippen molar-refractivity contribution in [2.45, 2.75) is 53.1 Å². The second-order valence-electron chi connectivity index (χ2n) is 7.00. The Morgan fingerprint density at radius 1 is 1.19 bits per heavy atom. The van der Waals surface area contributed by atoms with E-state index in [1.807, 2.05) is 39.8 Å². The zero-order valence-electron chi connectivity index (χ0n) is 16.5. The van der Waals surface area contributed by atoms with E-state index in [4.69, 9.17) is 18.6 Å². The molecule has 0 bridgehead atoms. The monoisotopic (exact) mass is 374 g/mol. The molecule has 1 aromatic heterocycles. The number of carbonyl (C=O) groups is 1. The number of ether oxygens (including phenoxy) is 3. The molecule has 2 aromatic rings. The molecule has 0 unspecified atom stereocenters. The van der Waals surface area contributed by atoms with Crippen LogP contribution in [0.3, 0.4) is 0 Å². The normalized spacial score (nSPS) is 11.7. The first kappa shape index (κ1) is 20.6. The summed E-state index contributed by atoms with van der Waals surface area (Å²) in [6, 6.07) is 5.13. The van der Waals surface area contributed by atoms with E-state index in [-0.39, 0.29) is 11.5 Å². The molecule has 6 heteroatoms. The van der Waals surface area contributed by atoms with Crippen molar-refractivity contribution in [3.8, 4) is 17.2 Å². The van der Waals surface area contributed by atoms with Crippen molar-refractivity contribution in [2.24, 2.45) is 0 Å². The summed E-state index contributed by atoms with van der Waals surface area (Å²) in [6.45, 7) is 9.31. The Kier molecular flexibility index (Phi) is 6.66. The van der Waals surface area contributed by atoms with Crippen molar-refractivity contribution in [1.82, 2.24) is 0 Å². The van der Waals surface area contributed by atoms with Crippen molar-refractivity contribution in [2.75, 3.05) is 6.61 Å². The summed E-state index contributed by atoms with van der Waals surface area (Å²) in [4.78, 5) is 23.8. The van der Waals surface area contributed by atoms with Gasteiger partial charge in [0.1, 0.15) is 22.3 Å². The van der Waals surface area contributed by atoms with Gasteiger partial charge in [-0.1, -0.05) is 25.1 Å². The average Bonchev–Trinajstić information content (AvgIpc) is 2.55. The third-order valence-corrected chi connectivity index (χ3v) is 3.40. The molecular formula is C21H26O6. The second kappa shape index (κ2) is 8.75. The third-order valence-electron chi connectivity index (χ3n) is 3.40. The van der Waals surface area contributed by atoms with E-state index in [0.29, 0.717) is 29.7 Å². The summed E-state index contributed by atoms with van der Waals surface area (Å²) in [7, 11) is 0. The lowest BCUT2D eigenvalue weighted by Gasteiger charge is -2.23. The molecule has 0 spiro atoms. The summed E-state index contributed by atoms with van der Waals surface area (Å²) >= 11 is 0. The van der Waals surface area contributed by atoms with Crippen LogP contribution in [0.15, 0.2) is 39.6 Å². The van der Waals surface area contributed by atoms with Crippen LogP contribution in [0.5, 0.6) is 17.2 Å². The van der Waals surface area contributed by atoms with Crippen molar-refractivity contribution in [3.63, 3.8) is 0 Å². The fourth-order valence-electron chi connectivity index (χ4n) is 2.47. The lowest BCUT2D eigenvalue weighted by molar-refractivity contribution is -0.132. The van der Waals surface area contributed by atoms with Crippen molar-refractivity contribution < 1.29 is 23.4 Å². The molecule has 0 radical (unpaired) electrons. The number of carbonyl (C=O) groups excluding carboxylic acids is 1. The average molecular weight is 374 g/mol. The number of hydrogen-bond acceptors (Lipinski definition) is 6. The van der Waals surface area contributed by atoms with Crippen molar-refractivity contribution in [1.29, 1.82) is 0 Å². The molecule has 0 saturated carbocycles. The molecule has 2 rings (SSSR count). The second-order valence-corrected chi connectivity index (χ2v) is 7.00. The maximum atomic E-state index is 12.3.